The van der Waals surface area contributed by atoms with E-state index in [0.717, 1.165) is 37.0 Å². The summed E-state index contributed by atoms with van der Waals surface area (Å²) >= 11 is 0. The summed E-state index contributed by atoms with van der Waals surface area (Å²) in [5.74, 6) is 1.61. The maximum Gasteiger partial charge on any atom is 0.294 e. The smallest absolute Gasteiger partial charge is 0.294 e. The van der Waals surface area contributed by atoms with Crippen molar-refractivity contribution in [1.29, 1.82) is 0 Å². The highest BCUT2D eigenvalue weighted by Crippen LogP contribution is 2.32. The van der Waals surface area contributed by atoms with Crippen LogP contribution in [0.4, 0.5) is 11.5 Å². The molecule has 32 heavy (non-hydrogen) atoms. The number of nitrogens with one attached hydrogen (secondary N) is 1. The van der Waals surface area contributed by atoms with Gasteiger partial charge in [-0.05, 0) is 43.5 Å². The monoisotopic (exact) mass is 434 g/mol. The number of carbonyl (C=O) groups is 1. The summed E-state index contributed by atoms with van der Waals surface area (Å²) in [5.41, 5.74) is 2.00. The summed E-state index contributed by atoms with van der Waals surface area (Å²) in [5, 5.41) is 2.89. The molecule has 0 radical (unpaired) electrons. The molecule has 0 unspecified atom stereocenters. The Morgan fingerprint density at radius 1 is 1.00 bits per heavy atom. The van der Waals surface area contributed by atoms with Crippen LogP contribution in [0.25, 0.3) is 11.0 Å². The first kappa shape index (κ1) is 20.4. The number of ether oxygens (including phenoxy) is 2. The second kappa shape index (κ2) is 8.90. The number of amides is 1. The lowest BCUT2D eigenvalue weighted by Gasteiger charge is -2.27. The van der Waals surface area contributed by atoms with Crippen LogP contribution in [0.1, 0.15) is 25.7 Å². The molecule has 1 aromatic heterocycles. The number of aromatic nitrogens is 2. The van der Waals surface area contributed by atoms with Crippen LogP contribution in [0.3, 0.4) is 0 Å². The minimum atomic E-state index is -0.172. The molecule has 0 bridgehead atoms. The van der Waals surface area contributed by atoms with Crippen LogP contribution in [0.15, 0.2) is 47.3 Å². The number of hydrogen-bond donors (Lipinski definition) is 1. The number of nitrogens with zero attached hydrogens (tertiary/aromatic N) is 3. The lowest BCUT2D eigenvalue weighted by molar-refractivity contribution is -0.116. The van der Waals surface area contributed by atoms with Crippen LogP contribution in [-0.4, -0.2) is 41.8 Å². The highest BCUT2D eigenvalue weighted by Gasteiger charge is 2.19. The van der Waals surface area contributed by atoms with Crippen LogP contribution < -0.4 is 25.2 Å². The first-order chi connectivity index (χ1) is 15.7. The summed E-state index contributed by atoms with van der Waals surface area (Å²) < 4.78 is 12.8. The molecule has 1 N–H and O–H groups in total. The van der Waals surface area contributed by atoms with Gasteiger partial charge in [0.2, 0.25) is 5.91 Å². The number of carbonyl (C=O) groups excluding carboxylic acids is 1. The fourth-order valence-corrected chi connectivity index (χ4v) is 4.27. The summed E-state index contributed by atoms with van der Waals surface area (Å²) in [4.78, 5) is 32.7. The van der Waals surface area contributed by atoms with Crippen molar-refractivity contribution in [3.63, 3.8) is 0 Å². The standard InChI is InChI=1S/C24H26N4O4/c29-22(25-17-8-9-20-21(16-17)32-15-14-31-20)10-13-28-19-7-3-2-6-18(19)26-23(24(28)30)27-11-4-1-5-12-27/h2-3,6-9,16H,1,4-5,10-15H2,(H,25,29). The molecule has 1 saturated heterocycles. The van der Waals surface area contributed by atoms with E-state index in [0.29, 0.717) is 36.2 Å². The number of benzene rings is 2. The Hall–Kier alpha value is -3.55. The van der Waals surface area contributed by atoms with Gasteiger partial charge in [-0.25, -0.2) is 4.98 Å². The second-order valence-corrected chi connectivity index (χ2v) is 8.09. The maximum absolute atomic E-state index is 13.3. The van der Waals surface area contributed by atoms with Crippen molar-refractivity contribution in [1.82, 2.24) is 9.55 Å². The van der Waals surface area contributed by atoms with Crippen molar-refractivity contribution in [3.05, 3.63) is 52.8 Å². The predicted octanol–water partition coefficient (Wildman–Crippen LogP) is 3.19. The van der Waals surface area contributed by atoms with Crippen LogP contribution in [0.2, 0.25) is 0 Å². The van der Waals surface area contributed by atoms with Crippen molar-refractivity contribution in [2.75, 3.05) is 36.5 Å². The van der Waals surface area contributed by atoms with E-state index in [1.165, 1.54) is 6.42 Å². The van der Waals surface area contributed by atoms with Gasteiger partial charge >= 0.3 is 0 Å². The third-order valence-electron chi connectivity index (χ3n) is 5.88. The summed E-state index contributed by atoms with van der Waals surface area (Å²) in [7, 11) is 0. The van der Waals surface area contributed by atoms with Gasteiger partial charge in [-0.1, -0.05) is 12.1 Å². The summed E-state index contributed by atoms with van der Waals surface area (Å²) in [6.07, 6.45) is 3.47. The summed E-state index contributed by atoms with van der Waals surface area (Å²) in [6.45, 7) is 2.96. The molecule has 0 saturated carbocycles. The number of para-hydroxylation sites is 2. The molecule has 1 fully saturated rings. The van der Waals surface area contributed by atoms with E-state index < -0.39 is 0 Å². The predicted molar refractivity (Wildman–Crippen MR) is 123 cm³/mol. The van der Waals surface area contributed by atoms with E-state index in [1.54, 1.807) is 22.8 Å². The van der Waals surface area contributed by atoms with Gasteiger partial charge in [0.15, 0.2) is 17.3 Å². The molecule has 1 amide bonds. The molecule has 8 heteroatoms. The van der Waals surface area contributed by atoms with Gasteiger partial charge in [0.1, 0.15) is 13.2 Å². The average molecular weight is 434 g/mol. The minimum Gasteiger partial charge on any atom is -0.486 e. The molecule has 2 aliphatic heterocycles. The Morgan fingerprint density at radius 3 is 2.62 bits per heavy atom. The summed E-state index contributed by atoms with van der Waals surface area (Å²) in [6, 6.07) is 12.9. The SMILES string of the molecule is O=C(CCn1c(=O)c(N2CCCCC2)nc2ccccc21)Nc1ccc2c(c1)OCCO2. The van der Waals surface area contributed by atoms with Crippen LogP contribution in [-0.2, 0) is 11.3 Å². The number of rotatable bonds is 5. The highest BCUT2D eigenvalue weighted by atomic mass is 16.6. The fraction of sp³-hybridized carbons (Fsp3) is 0.375. The zero-order valence-electron chi connectivity index (χ0n) is 17.9. The quantitative estimate of drug-likeness (QED) is 0.664. The van der Waals surface area contributed by atoms with Gasteiger partial charge in [-0.2, -0.15) is 0 Å². The van der Waals surface area contributed by atoms with Gasteiger partial charge in [0.25, 0.3) is 5.56 Å². The molecule has 166 valence electrons. The van der Waals surface area contributed by atoms with Crippen LogP contribution in [0.5, 0.6) is 11.5 Å². The highest BCUT2D eigenvalue weighted by molar-refractivity contribution is 5.91. The van der Waals surface area contributed by atoms with Gasteiger partial charge in [-0.15, -0.1) is 0 Å². The van der Waals surface area contributed by atoms with Crippen molar-refractivity contribution in [2.24, 2.45) is 0 Å². The van der Waals surface area contributed by atoms with Crippen molar-refractivity contribution >= 4 is 28.4 Å². The molecule has 3 heterocycles. The molecular formula is C24H26N4O4. The Kier molecular flexibility index (Phi) is 5.66. The largest absolute Gasteiger partial charge is 0.486 e. The van der Waals surface area contributed by atoms with E-state index in [9.17, 15) is 9.59 Å². The normalized spacial score (nSPS) is 15.6. The lowest BCUT2D eigenvalue weighted by atomic mass is 10.1. The molecule has 8 nitrogen and oxygen atoms in total. The Morgan fingerprint density at radius 2 is 1.78 bits per heavy atom. The third kappa shape index (κ3) is 4.12. The number of anilines is 2. The van der Waals surface area contributed by atoms with E-state index in [-0.39, 0.29) is 24.4 Å². The first-order valence-corrected chi connectivity index (χ1v) is 11.1. The zero-order valence-corrected chi connectivity index (χ0v) is 17.9. The van der Waals surface area contributed by atoms with Crippen LogP contribution >= 0.6 is 0 Å². The molecule has 0 atom stereocenters. The second-order valence-electron chi connectivity index (χ2n) is 8.09. The fourth-order valence-electron chi connectivity index (χ4n) is 4.27. The van der Waals surface area contributed by atoms with Crippen molar-refractivity contribution in [3.8, 4) is 11.5 Å². The van der Waals surface area contributed by atoms with Crippen molar-refractivity contribution in [2.45, 2.75) is 32.2 Å². The number of piperidine rings is 1. The molecular weight excluding hydrogens is 408 g/mol. The number of aryl methyl sites for hydroxylation is 1. The van der Waals surface area contributed by atoms with Gasteiger partial charge in [-0.3, -0.25) is 9.59 Å². The van der Waals surface area contributed by atoms with E-state index in [4.69, 9.17) is 9.47 Å². The molecule has 3 aromatic rings. The Labute approximate surface area is 185 Å². The Balaban J connectivity index is 1.36. The minimum absolute atomic E-state index is 0.141. The van der Waals surface area contributed by atoms with Crippen LogP contribution in [0, 0.1) is 0 Å². The van der Waals surface area contributed by atoms with E-state index >= 15 is 0 Å². The molecule has 2 aromatic carbocycles. The third-order valence-corrected chi connectivity index (χ3v) is 5.88. The van der Waals surface area contributed by atoms with Gasteiger partial charge in [0.05, 0.1) is 11.0 Å². The lowest BCUT2D eigenvalue weighted by Crippen LogP contribution is -2.37. The Bertz CT molecular complexity index is 1200. The molecule has 2 aliphatic rings. The van der Waals surface area contributed by atoms with Gasteiger partial charge in [0, 0.05) is 37.8 Å². The first-order valence-electron chi connectivity index (χ1n) is 11.1. The van der Waals surface area contributed by atoms with Crippen molar-refractivity contribution < 1.29 is 14.3 Å². The zero-order chi connectivity index (χ0) is 21.9. The topological polar surface area (TPSA) is 85.7 Å². The maximum atomic E-state index is 13.3. The number of hydrogen-bond acceptors (Lipinski definition) is 6. The van der Waals surface area contributed by atoms with Gasteiger partial charge < -0.3 is 24.3 Å². The molecule has 0 spiro atoms. The van der Waals surface area contributed by atoms with E-state index in [1.807, 2.05) is 24.3 Å². The average Bonchev–Trinajstić information content (AvgIpc) is 2.83. The number of fused-ring (bicyclic) bond motifs is 2. The molecule has 0 aliphatic carbocycles. The van der Waals surface area contributed by atoms with E-state index in [2.05, 4.69) is 15.2 Å². The molecule has 5 rings (SSSR count).